The number of carbonyl (C=O) groups excluding carboxylic acids is 1. The number of thioether (sulfide) groups is 1. The molecule has 8 heteroatoms. The summed E-state index contributed by atoms with van der Waals surface area (Å²) in [6.07, 6.45) is 0. The van der Waals surface area contributed by atoms with Crippen LogP contribution in [0.3, 0.4) is 0 Å². The molecule has 1 saturated heterocycles. The van der Waals surface area contributed by atoms with Gasteiger partial charge >= 0.3 is 0 Å². The molecule has 3 aromatic rings. The Morgan fingerprint density at radius 3 is 2.59 bits per heavy atom. The second-order valence-electron chi connectivity index (χ2n) is 7.01. The minimum Gasteiger partial charge on any atom is -0.378 e. The van der Waals surface area contributed by atoms with Gasteiger partial charge in [-0.1, -0.05) is 59.8 Å². The lowest BCUT2D eigenvalue weighted by molar-refractivity contribution is -0.134. The standard InChI is InChI=1S/C21H23N5O2S/c1-15-8-9-18(16(2)14-15)26-21(22-23-24-26)29-19(17-6-4-3-5-7-17)20(27)25-10-12-28-13-11-25/h3-9,14,19H,10-13H2,1-2H3. The monoisotopic (exact) mass is 409 g/mol. The van der Waals surface area contributed by atoms with Gasteiger partial charge in [-0.2, -0.15) is 4.68 Å². The molecule has 1 atom stereocenters. The van der Waals surface area contributed by atoms with Gasteiger partial charge < -0.3 is 9.64 Å². The summed E-state index contributed by atoms with van der Waals surface area (Å²) in [5, 5.41) is 12.4. The van der Waals surface area contributed by atoms with E-state index in [1.807, 2.05) is 54.3 Å². The molecule has 150 valence electrons. The lowest BCUT2D eigenvalue weighted by Crippen LogP contribution is -2.42. The first-order valence-electron chi connectivity index (χ1n) is 9.57. The van der Waals surface area contributed by atoms with E-state index in [4.69, 9.17) is 4.74 Å². The van der Waals surface area contributed by atoms with Crippen molar-refractivity contribution in [3.05, 3.63) is 65.2 Å². The molecule has 0 saturated carbocycles. The smallest absolute Gasteiger partial charge is 0.240 e. The molecule has 7 nitrogen and oxygen atoms in total. The van der Waals surface area contributed by atoms with Crippen LogP contribution in [-0.2, 0) is 9.53 Å². The Hall–Kier alpha value is -2.71. The number of carbonyl (C=O) groups is 1. The van der Waals surface area contributed by atoms with Crippen LogP contribution in [0.1, 0.15) is 21.9 Å². The maximum atomic E-state index is 13.4. The van der Waals surface area contributed by atoms with E-state index in [-0.39, 0.29) is 5.91 Å². The van der Waals surface area contributed by atoms with Gasteiger partial charge in [-0.3, -0.25) is 4.79 Å². The number of nitrogens with zero attached hydrogens (tertiary/aromatic N) is 5. The molecule has 0 bridgehead atoms. The van der Waals surface area contributed by atoms with Crippen LogP contribution in [0.2, 0.25) is 0 Å². The van der Waals surface area contributed by atoms with Crippen molar-refractivity contribution in [1.29, 1.82) is 0 Å². The number of ether oxygens (including phenoxy) is 1. The van der Waals surface area contributed by atoms with E-state index >= 15 is 0 Å². The fraction of sp³-hybridized carbons (Fsp3) is 0.333. The second kappa shape index (κ2) is 8.75. The Morgan fingerprint density at radius 1 is 1.10 bits per heavy atom. The number of aromatic nitrogens is 4. The number of morpholine rings is 1. The fourth-order valence-electron chi connectivity index (χ4n) is 3.39. The van der Waals surface area contributed by atoms with Crippen LogP contribution in [-0.4, -0.2) is 57.3 Å². The highest BCUT2D eigenvalue weighted by molar-refractivity contribution is 8.00. The Labute approximate surface area is 174 Å². The summed E-state index contributed by atoms with van der Waals surface area (Å²) in [6, 6.07) is 15.9. The van der Waals surface area contributed by atoms with Crippen molar-refractivity contribution >= 4 is 17.7 Å². The zero-order valence-corrected chi connectivity index (χ0v) is 17.3. The minimum absolute atomic E-state index is 0.0553. The van der Waals surface area contributed by atoms with Crippen LogP contribution in [0.5, 0.6) is 0 Å². The van der Waals surface area contributed by atoms with Gasteiger partial charge in [0.25, 0.3) is 0 Å². The highest BCUT2D eigenvalue weighted by Gasteiger charge is 2.30. The first-order chi connectivity index (χ1) is 14.1. The van der Waals surface area contributed by atoms with Crippen molar-refractivity contribution in [2.45, 2.75) is 24.3 Å². The van der Waals surface area contributed by atoms with E-state index in [1.165, 1.54) is 17.3 Å². The third kappa shape index (κ3) is 4.33. The van der Waals surface area contributed by atoms with E-state index < -0.39 is 5.25 Å². The minimum atomic E-state index is -0.426. The summed E-state index contributed by atoms with van der Waals surface area (Å²) in [4.78, 5) is 15.2. The molecule has 1 aromatic heterocycles. The summed E-state index contributed by atoms with van der Waals surface area (Å²) < 4.78 is 7.11. The van der Waals surface area contributed by atoms with Crippen LogP contribution in [0.25, 0.3) is 5.69 Å². The van der Waals surface area contributed by atoms with Crippen LogP contribution < -0.4 is 0 Å². The third-order valence-corrected chi connectivity index (χ3v) is 6.07. The molecule has 0 spiro atoms. The zero-order valence-electron chi connectivity index (χ0n) is 16.5. The third-order valence-electron chi connectivity index (χ3n) is 4.89. The van der Waals surface area contributed by atoms with Crippen LogP contribution in [0.15, 0.2) is 53.7 Å². The molecule has 4 rings (SSSR count). The molecule has 1 unspecified atom stereocenters. The maximum absolute atomic E-state index is 13.4. The summed E-state index contributed by atoms with van der Waals surface area (Å²) in [6.45, 7) is 6.43. The molecule has 0 radical (unpaired) electrons. The largest absolute Gasteiger partial charge is 0.378 e. The predicted molar refractivity (Wildman–Crippen MR) is 111 cm³/mol. The van der Waals surface area contributed by atoms with Crippen LogP contribution in [0.4, 0.5) is 0 Å². The number of aryl methyl sites for hydroxylation is 2. The fourth-order valence-corrected chi connectivity index (χ4v) is 4.46. The summed E-state index contributed by atoms with van der Waals surface area (Å²) in [5.41, 5.74) is 4.10. The van der Waals surface area contributed by atoms with Crippen LogP contribution >= 0.6 is 11.8 Å². The molecule has 1 fully saturated rings. The van der Waals surface area contributed by atoms with Gasteiger partial charge in [0, 0.05) is 13.1 Å². The Balaban J connectivity index is 1.67. The number of hydrogen-bond acceptors (Lipinski definition) is 6. The first kappa shape index (κ1) is 19.6. The molecule has 2 aromatic carbocycles. The maximum Gasteiger partial charge on any atom is 0.240 e. The Bertz CT molecular complexity index is 986. The summed E-state index contributed by atoms with van der Waals surface area (Å²) in [7, 11) is 0. The number of tetrazole rings is 1. The lowest BCUT2D eigenvalue weighted by atomic mass is 10.1. The number of amides is 1. The lowest BCUT2D eigenvalue weighted by Gasteiger charge is -2.30. The van der Waals surface area contributed by atoms with Gasteiger partial charge in [-0.25, -0.2) is 0 Å². The van der Waals surface area contributed by atoms with Crippen molar-refractivity contribution in [2.75, 3.05) is 26.3 Å². The quantitative estimate of drug-likeness (QED) is 0.603. The second-order valence-corrected chi connectivity index (χ2v) is 8.08. The molecule has 29 heavy (non-hydrogen) atoms. The molecule has 0 N–H and O–H groups in total. The Kier molecular flexibility index (Phi) is 5.92. The number of hydrogen-bond donors (Lipinski definition) is 0. The van der Waals surface area contributed by atoms with Crippen molar-refractivity contribution in [3.8, 4) is 5.69 Å². The topological polar surface area (TPSA) is 73.1 Å². The van der Waals surface area contributed by atoms with E-state index in [0.29, 0.717) is 31.5 Å². The number of benzene rings is 2. The SMILES string of the molecule is Cc1ccc(-n2nnnc2SC(C(=O)N2CCOCC2)c2ccccc2)c(C)c1. The summed E-state index contributed by atoms with van der Waals surface area (Å²) >= 11 is 1.38. The molecule has 0 aliphatic carbocycles. The zero-order chi connectivity index (χ0) is 20.2. The predicted octanol–water partition coefficient (Wildman–Crippen LogP) is 2.97. The van der Waals surface area contributed by atoms with E-state index in [2.05, 4.69) is 28.5 Å². The van der Waals surface area contributed by atoms with Crippen molar-refractivity contribution in [3.63, 3.8) is 0 Å². The van der Waals surface area contributed by atoms with E-state index in [9.17, 15) is 4.79 Å². The molecular formula is C21H23N5O2S. The highest BCUT2D eigenvalue weighted by Crippen LogP contribution is 2.36. The van der Waals surface area contributed by atoms with Crippen LogP contribution in [0, 0.1) is 13.8 Å². The molecule has 2 heterocycles. The van der Waals surface area contributed by atoms with Crippen molar-refractivity contribution in [1.82, 2.24) is 25.1 Å². The van der Waals surface area contributed by atoms with Gasteiger partial charge in [0.1, 0.15) is 5.25 Å². The highest BCUT2D eigenvalue weighted by atomic mass is 32.2. The van der Waals surface area contributed by atoms with Crippen molar-refractivity contribution in [2.24, 2.45) is 0 Å². The Morgan fingerprint density at radius 2 is 1.86 bits per heavy atom. The van der Waals surface area contributed by atoms with Gasteiger partial charge in [0.05, 0.1) is 18.9 Å². The van der Waals surface area contributed by atoms with E-state index in [0.717, 1.165) is 16.8 Å². The van der Waals surface area contributed by atoms with Gasteiger partial charge in [0.2, 0.25) is 11.1 Å². The van der Waals surface area contributed by atoms with Gasteiger partial charge in [0.15, 0.2) is 0 Å². The average Bonchev–Trinajstić information content (AvgIpc) is 3.21. The van der Waals surface area contributed by atoms with Crippen molar-refractivity contribution < 1.29 is 9.53 Å². The molecule has 1 amide bonds. The molecule has 1 aliphatic rings. The van der Waals surface area contributed by atoms with Gasteiger partial charge in [-0.05, 0) is 41.5 Å². The van der Waals surface area contributed by atoms with Gasteiger partial charge in [-0.15, -0.1) is 5.10 Å². The first-order valence-corrected chi connectivity index (χ1v) is 10.5. The normalized spacial score (nSPS) is 15.3. The summed E-state index contributed by atoms with van der Waals surface area (Å²) in [5.74, 6) is 0.0553. The van der Waals surface area contributed by atoms with E-state index in [1.54, 1.807) is 4.68 Å². The molecular weight excluding hydrogens is 386 g/mol. The average molecular weight is 410 g/mol. The molecule has 1 aliphatic heterocycles. The number of rotatable bonds is 5.